The number of aryl methyl sites for hydroxylation is 1. The van der Waals surface area contributed by atoms with E-state index in [-0.39, 0.29) is 0 Å². The maximum atomic E-state index is 10.8. The molecule has 86 valence electrons. The Morgan fingerprint density at radius 3 is 2.53 bits per heavy atom. The highest BCUT2D eigenvalue weighted by molar-refractivity contribution is 5.79. The fourth-order valence-electron chi connectivity index (χ4n) is 1.58. The van der Waals surface area contributed by atoms with Crippen LogP contribution in [0.3, 0.4) is 0 Å². The highest BCUT2D eigenvalue weighted by Gasteiger charge is 2.05. The molecule has 2 aromatic rings. The molecule has 4 heteroatoms. The Bertz CT molecular complexity index is 536. The number of aldehydes is 1. The van der Waals surface area contributed by atoms with Crippen molar-refractivity contribution in [2.75, 3.05) is 7.11 Å². The first-order chi connectivity index (χ1) is 8.24. The molecule has 0 fully saturated rings. The fraction of sp³-hybridized carbons (Fsp3) is 0.154. The van der Waals surface area contributed by atoms with Crippen molar-refractivity contribution in [3.05, 3.63) is 41.7 Å². The predicted molar refractivity (Wildman–Crippen MR) is 64.1 cm³/mol. The van der Waals surface area contributed by atoms with E-state index in [2.05, 4.69) is 9.97 Å². The Kier molecular flexibility index (Phi) is 3.14. The fourth-order valence-corrected chi connectivity index (χ4v) is 1.58. The monoisotopic (exact) mass is 228 g/mol. The summed E-state index contributed by atoms with van der Waals surface area (Å²) in [4.78, 5) is 18.8. The number of nitrogens with zero attached hydrogens (tertiary/aromatic N) is 2. The van der Waals surface area contributed by atoms with Gasteiger partial charge in [0.1, 0.15) is 6.29 Å². The van der Waals surface area contributed by atoms with Crippen molar-refractivity contribution in [2.45, 2.75) is 6.92 Å². The van der Waals surface area contributed by atoms with E-state index in [0.29, 0.717) is 11.6 Å². The number of carbonyl (C=O) groups excluding carboxylic acids is 1. The van der Waals surface area contributed by atoms with Gasteiger partial charge in [0.25, 0.3) is 0 Å². The lowest BCUT2D eigenvalue weighted by Gasteiger charge is -2.06. The van der Waals surface area contributed by atoms with Gasteiger partial charge in [0.15, 0.2) is 0 Å². The zero-order valence-corrected chi connectivity index (χ0v) is 9.68. The van der Waals surface area contributed by atoms with Crippen molar-refractivity contribution in [3.63, 3.8) is 0 Å². The summed E-state index contributed by atoms with van der Waals surface area (Å²) in [6, 6.07) is 5.85. The molecular weight excluding hydrogens is 216 g/mol. The molecule has 0 bridgehead atoms. The molecule has 0 radical (unpaired) electrons. The van der Waals surface area contributed by atoms with Gasteiger partial charge in [-0.1, -0.05) is 12.1 Å². The van der Waals surface area contributed by atoms with Crippen molar-refractivity contribution >= 4 is 6.29 Å². The molecule has 0 amide bonds. The first kappa shape index (κ1) is 11.3. The van der Waals surface area contributed by atoms with Gasteiger partial charge in [0, 0.05) is 23.5 Å². The summed E-state index contributed by atoms with van der Waals surface area (Å²) in [7, 11) is 1.52. The molecule has 1 aromatic heterocycles. The third kappa shape index (κ3) is 2.30. The van der Waals surface area contributed by atoms with Gasteiger partial charge >= 0.3 is 6.01 Å². The molecule has 1 aromatic carbocycles. The van der Waals surface area contributed by atoms with Crippen molar-refractivity contribution in [2.24, 2.45) is 0 Å². The molecule has 0 N–H and O–H groups in total. The normalized spacial score (nSPS) is 10.0. The number of rotatable bonds is 3. The molecule has 4 nitrogen and oxygen atoms in total. The number of hydrogen-bond donors (Lipinski definition) is 0. The first-order valence-corrected chi connectivity index (χ1v) is 5.17. The minimum atomic E-state index is 0.331. The molecule has 0 spiro atoms. The van der Waals surface area contributed by atoms with Crippen molar-refractivity contribution < 1.29 is 9.53 Å². The van der Waals surface area contributed by atoms with E-state index in [0.717, 1.165) is 23.0 Å². The van der Waals surface area contributed by atoms with Crippen molar-refractivity contribution in [1.82, 2.24) is 9.97 Å². The summed E-state index contributed by atoms with van der Waals surface area (Å²) in [6.07, 6.45) is 4.19. The summed E-state index contributed by atoms with van der Waals surface area (Å²) in [5, 5.41) is 0. The standard InChI is InChI=1S/C13H12N2O2/c1-9-3-4-10(8-16)5-12(9)11-6-14-13(17-2)15-7-11/h3-8H,1-2H3. The van der Waals surface area contributed by atoms with Crippen LogP contribution in [0.4, 0.5) is 0 Å². The van der Waals surface area contributed by atoms with Crippen LogP contribution >= 0.6 is 0 Å². The molecule has 0 aliphatic heterocycles. The van der Waals surface area contributed by atoms with E-state index in [1.807, 2.05) is 19.1 Å². The Morgan fingerprint density at radius 1 is 1.24 bits per heavy atom. The number of hydrogen-bond acceptors (Lipinski definition) is 4. The van der Waals surface area contributed by atoms with Gasteiger partial charge in [0.05, 0.1) is 7.11 Å². The molecular formula is C13H12N2O2. The van der Waals surface area contributed by atoms with Crippen LogP contribution in [0.2, 0.25) is 0 Å². The van der Waals surface area contributed by atoms with E-state index in [1.165, 1.54) is 7.11 Å². The lowest BCUT2D eigenvalue weighted by molar-refractivity contribution is 0.112. The zero-order valence-electron chi connectivity index (χ0n) is 9.68. The third-order valence-corrected chi connectivity index (χ3v) is 2.52. The van der Waals surface area contributed by atoms with Gasteiger partial charge in [-0.3, -0.25) is 4.79 Å². The van der Waals surface area contributed by atoms with Crippen LogP contribution in [0.1, 0.15) is 15.9 Å². The molecule has 0 saturated heterocycles. The SMILES string of the molecule is COc1ncc(-c2cc(C=O)ccc2C)cn1. The van der Waals surface area contributed by atoms with E-state index in [1.54, 1.807) is 18.5 Å². The second-order valence-corrected chi connectivity index (χ2v) is 3.65. The highest BCUT2D eigenvalue weighted by atomic mass is 16.5. The number of benzene rings is 1. The highest BCUT2D eigenvalue weighted by Crippen LogP contribution is 2.23. The van der Waals surface area contributed by atoms with E-state index in [4.69, 9.17) is 4.74 Å². The first-order valence-electron chi connectivity index (χ1n) is 5.17. The molecule has 0 saturated carbocycles. The number of methoxy groups -OCH3 is 1. The average Bonchev–Trinajstić information content (AvgIpc) is 2.39. The molecule has 17 heavy (non-hydrogen) atoms. The molecule has 2 rings (SSSR count). The predicted octanol–water partition coefficient (Wildman–Crippen LogP) is 2.27. The number of carbonyl (C=O) groups is 1. The van der Waals surface area contributed by atoms with Crippen LogP contribution in [0.15, 0.2) is 30.6 Å². The minimum absolute atomic E-state index is 0.331. The van der Waals surface area contributed by atoms with Gasteiger partial charge in [0.2, 0.25) is 0 Å². The van der Waals surface area contributed by atoms with E-state index in [9.17, 15) is 4.79 Å². The Labute approximate surface area is 99.3 Å². The van der Waals surface area contributed by atoms with Crippen LogP contribution in [0.5, 0.6) is 6.01 Å². The molecule has 0 atom stereocenters. The number of aromatic nitrogens is 2. The number of ether oxygens (including phenoxy) is 1. The second-order valence-electron chi connectivity index (χ2n) is 3.65. The van der Waals surface area contributed by atoms with E-state index >= 15 is 0 Å². The Morgan fingerprint density at radius 2 is 1.94 bits per heavy atom. The smallest absolute Gasteiger partial charge is 0.316 e. The van der Waals surface area contributed by atoms with E-state index < -0.39 is 0 Å². The maximum absolute atomic E-state index is 10.8. The topological polar surface area (TPSA) is 52.1 Å². The Balaban J connectivity index is 2.47. The minimum Gasteiger partial charge on any atom is -0.467 e. The van der Waals surface area contributed by atoms with Gasteiger partial charge in [-0.25, -0.2) is 9.97 Å². The summed E-state index contributed by atoms with van der Waals surface area (Å²) in [6.45, 7) is 1.98. The largest absolute Gasteiger partial charge is 0.467 e. The van der Waals surface area contributed by atoms with Crippen LogP contribution < -0.4 is 4.74 Å². The molecule has 1 heterocycles. The lowest BCUT2D eigenvalue weighted by atomic mass is 10.0. The lowest BCUT2D eigenvalue weighted by Crippen LogP contribution is -1.93. The van der Waals surface area contributed by atoms with Crippen LogP contribution in [0.25, 0.3) is 11.1 Å². The molecule has 0 aliphatic carbocycles. The quantitative estimate of drug-likeness (QED) is 0.756. The molecule has 0 aliphatic rings. The summed E-state index contributed by atoms with van der Waals surface area (Å²) >= 11 is 0. The van der Waals surface area contributed by atoms with Crippen LogP contribution in [-0.4, -0.2) is 23.4 Å². The van der Waals surface area contributed by atoms with Gasteiger partial charge in [-0.05, 0) is 24.1 Å². The van der Waals surface area contributed by atoms with Crippen molar-refractivity contribution in [1.29, 1.82) is 0 Å². The second kappa shape index (κ2) is 4.74. The van der Waals surface area contributed by atoms with Gasteiger partial charge in [-0.2, -0.15) is 0 Å². The average molecular weight is 228 g/mol. The maximum Gasteiger partial charge on any atom is 0.316 e. The zero-order chi connectivity index (χ0) is 12.3. The van der Waals surface area contributed by atoms with Gasteiger partial charge < -0.3 is 4.74 Å². The van der Waals surface area contributed by atoms with Crippen molar-refractivity contribution in [3.8, 4) is 17.1 Å². The Hall–Kier alpha value is -2.23. The molecule has 0 unspecified atom stereocenters. The van der Waals surface area contributed by atoms with Crippen LogP contribution in [-0.2, 0) is 0 Å². The summed E-state index contributed by atoms with van der Waals surface area (Å²) in [5.74, 6) is 0. The summed E-state index contributed by atoms with van der Waals surface area (Å²) < 4.78 is 4.90. The van der Waals surface area contributed by atoms with Crippen LogP contribution in [0, 0.1) is 6.92 Å². The third-order valence-electron chi connectivity index (χ3n) is 2.52. The summed E-state index contributed by atoms with van der Waals surface area (Å²) in [5.41, 5.74) is 3.54. The van der Waals surface area contributed by atoms with Gasteiger partial charge in [-0.15, -0.1) is 0 Å².